The highest BCUT2D eigenvalue weighted by molar-refractivity contribution is 9.10. The zero-order valence-corrected chi connectivity index (χ0v) is 16.8. The zero-order chi connectivity index (χ0) is 20.0. The van der Waals surface area contributed by atoms with E-state index < -0.39 is 0 Å². The average Bonchev–Trinajstić information content (AvgIpc) is 3.23. The highest BCUT2D eigenvalue weighted by Crippen LogP contribution is 2.37. The van der Waals surface area contributed by atoms with Crippen molar-refractivity contribution in [2.45, 2.75) is 19.0 Å². The maximum absolute atomic E-state index is 13.2. The van der Waals surface area contributed by atoms with Crippen LogP contribution in [0.15, 0.2) is 70.2 Å². The monoisotopic (exact) mass is 449 g/mol. The molecule has 0 radical (unpaired) electrons. The molecule has 29 heavy (non-hydrogen) atoms. The van der Waals surface area contributed by atoms with Gasteiger partial charge in [0.25, 0.3) is 5.91 Å². The maximum atomic E-state index is 13.2. The fourth-order valence-corrected chi connectivity index (χ4v) is 4.26. The predicted molar refractivity (Wildman–Crippen MR) is 111 cm³/mol. The summed E-state index contributed by atoms with van der Waals surface area (Å²) in [7, 11) is 0. The van der Waals surface area contributed by atoms with Crippen molar-refractivity contribution < 1.29 is 4.79 Å². The van der Waals surface area contributed by atoms with Gasteiger partial charge in [-0.2, -0.15) is 5.10 Å². The molecule has 0 spiro atoms. The quantitative estimate of drug-likeness (QED) is 0.518. The van der Waals surface area contributed by atoms with Crippen LogP contribution in [0.2, 0.25) is 0 Å². The Balaban J connectivity index is 1.53. The number of carbonyl (C=O) groups excluding carboxylic acids is 1. The number of nitrogens with zero attached hydrogens (tertiary/aromatic N) is 4. The van der Waals surface area contributed by atoms with Gasteiger partial charge in [0.05, 0.1) is 11.7 Å². The zero-order valence-electron chi connectivity index (χ0n) is 15.2. The molecule has 0 bridgehead atoms. The van der Waals surface area contributed by atoms with E-state index in [1.165, 1.54) is 4.40 Å². The topological polar surface area (TPSA) is 83.4 Å². The van der Waals surface area contributed by atoms with Crippen molar-refractivity contribution in [1.29, 1.82) is 0 Å². The molecule has 3 aromatic heterocycles. The first-order valence-corrected chi connectivity index (χ1v) is 9.96. The number of benzene rings is 1. The third kappa shape index (κ3) is 3.05. The molecule has 1 atom stereocenters. The van der Waals surface area contributed by atoms with E-state index in [0.717, 1.165) is 26.9 Å². The minimum absolute atomic E-state index is 0.00283. The summed E-state index contributed by atoms with van der Waals surface area (Å²) in [6.07, 6.45) is 4.04. The van der Waals surface area contributed by atoms with Crippen molar-refractivity contribution in [3.05, 3.63) is 98.3 Å². The summed E-state index contributed by atoms with van der Waals surface area (Å²) >= 11 is 3.56. The molecule has 0 saturated heterocycles. The molecule has 1 aromatic carbocycles. The normalized spacial score (nSPS) is 15.8. The van der Waals surface area contributed by atoms with Crippen LogP contribution in [0, 0.1) is 0 Å². The molecule has 0 saturated carbocycles. The maximum Gasteiger partial charge on any atom is 0.347 e. The van der Waals surface area contributed by atoms with Crippen molar-refractivity contribution in [2.75, 3.05) is 0 Å². The van der Waals surface area contributed by atoms with Crippen molar-refractivity contribution in [3.8, 4) is 0 Å². The highest BCUT2D eigenvalue weighted by atomic mass is 79.9. The number of aromatic amines is 1. The minimum atomic E-state index is -0.283. The van der Waals surface area contributed by atoms with Crippen LogP contribution in [0.1, 0.15) is 33.2 Å². The van der Waals surface area contributed by atoms with Gasteiger partial charge in [-0.05, 0) is 57.4 Å². The summed E-state index contributed by atoms with van der Waals surface area (Å²) in [5, 5.41) is 6.45. The summed E-state index contributed by atoms with van der Waals surface area (Å²) in [6.45, 7) is 0.417. The lowest BCUT2D eigenvalue weighted by atomic mass is 10.0. The molecular weight excluding hydrogens is 434 g/mol. The molecule has 0 fully saturated rings. The number of amides is 1. The van der Waals surface area contributed by atoms with E-state index >= 15 is 0 Å². The largest absolute Gasteiger partial charge is 0.347 e. The van der Waals surface area contributed by atoms with E-state index in [9.17, 15) is 9.59 Å². The number of halogens is 1. The lowest BCUT2D eigenvalue weighted by Crippen LogP contribution is -2.29. The van der Waals surface area contributed by atoms with E-state index in [1.54, 1.807) is 12.4 Å². The molecule has 0 aliphatic carbocycles. The van der Waals surface area contributed by atoms with Gasteiger partial charge >= 0.3 is 5.69 Å². The van der Waals surface area contributed by atoms with Crippen LogP contribution in [0.3, 0.4) is 0 Å². The highest BCUT2D eigenvalue weighted by Gasteiger charge is 2.36. The first-order chi connectivity index (χ1) is 14.1. The molecule has 4 heterocycles. The van der Waals surface area contributed by atoms with Gasteiger partial charge in [0.1, 0.15) is 0 Å². The minimum Gasteiger partial charge on any atom is -0.327 e. The number of aromatic nitrogens is 4. The Hall–Kier alpha value is -3.26. The van der Waals surface area contributed by atoms with Crippen molar-refractivity contribution in [2.24, 2.45) is 0 Å². The van der Waals surface area contributed by atoms with Crippen LogP contribution < -0.4 is 5.69 Å². The van der Waals surface area contributed by atoms with Crippen LogP contribution in [0.5, 0.6) is 0 Å². The molecule has 1 aliphatic heterocycles. The lowest BCUT2D eigenvalue weighted by molar-refractivity contribution is 0.0708. The fraction of sp³-hybridized carbons (Fsp3) is 0.143. The third-order valence-corrected chi connectivity index (χ3v) is 5.97. The number of hydrogen-bond acceptors (Lipinski definition) is 4. The second kappa shape index (κ2) is 6.97. The molecule has 1 amide bonds. The number of pyridine rings is 2. The predicted octanol–water partition coefficient (Wildman–Crippen LogP) is 3.12. The Bertz CT molecular complexity index is 1300. The van der Waals surface area contributed by atoms with Gasteiger partial charge in [-0.15, -0.1) is 0 Å². The Morgan fingerprint density at radius 3 is 2.83 bits per heavy atom. The number of H-pyrrole nitrogens is 1. The van der Waals surface area contributed by atoms with Gasteiger partial charge in [-0.25, -0.2) is 9.89 Å². The summed E-state index contributed by atoms with van der Waals surface area (Å²) in [5.74, 6) is -0.00283. The van der Waals surface area contributed by atoms with Gasteiger partial charge in [0.2, 0.25) is 0 Å². The van der Waals surface area contributed by atoms with Crippen molar-refractivity contribution in [3.63, 3.8) is 0 Å². The van der Waals surface area contributed by atoms with Gasteiger partial charge < -0.3 is 4.90 Å². The van der Waals surface area contributed by atoms with Gasteiger partial charge in [-0.3, -0.25) is 14.2 Å². The Morgan fingerprint density at radius 2 is 1.97 bits per heavy atom. The molecular formula is C21H16BrN5O2. The van der Waals surface area contributed by atoms with E-state index in [-0.39, 0.29) is 17.6 Å². The summed E-state index contributed by atoms with van der Waals surface area (Å²) in [6, 6.07) is 15.1. The molecule has 5 rings (SSSR count). The van der Waals surface area contributed by atoms with Crippen LogP contribution in [0.25, 0.3) is 5.65 Å². The van der Waals surface area contributed by atoms with Crippen molar-refractivity contribution >= 4 is 27.5 Å². The second-order valence-corrected chi connectivity index (χ2v) is 7.82. The number of fused-ring (bicyclic) bond motifs is 2. The summed E-state index contributed by atoms with van der Waals surface area (Å²) < 4.78 is 2.36. The summed E-state index contributed by atoms with van der Waals surface area (Å²) in [4.78, 5) is 31.2. The van der Waals surface area contributed by atoms with Gasteiger partial charge in [0, 0.05) is 35.4 Å². The number of nitrogens with one attached hydrogen (secondary N) is 1. The van der Waals surface area contributed by atoms with Gasteiger partial charge in [0.15, 0.2) is 5.65 Å². The molecule has 1 aliphatic rings. The van der Waals surface area contributed by atoms with E-state index in [1.807, 2.05) is 53.4 Å². The molecule has 4 aromatic rings. The average molecular weight is 450 g/mol. The van der Waals surface area contributed by atoms with Crippen LogP contribution in [-0.2, 0) is 13.0 Å². The first-order valence-electron chi connectivity index (χ1n) is 9.17. The van der Waals surface area contributed by atoms with Crippen LogP contribution in [0.4, 0.5) is 0 Å². The third-order valence-electron chi connectivity index (χ3n) is 5.25. The Morgan fingerprint density at radius 1 is 1.10 bits per heavy atom. The standard InChI is InChI=1S/C21H16BrN5O2/c22-16-6-3-8-23-17(16)11-18-14-4-1-2-5-15(14)20(28)27(18)12-13-7-9-26-19(10-13)24-25-21(26)29/h1-10,18H,11-12H2,(H,25,29). The van der Waals surface area contributed by atoms with Crippen LogP contribution in [-0.4, -0.2) is 30.4 Å². The molecule has 1 N–H and O–H groups in total. The van der Waals surface area contributed by atoms with Crippen molar-refractivity contribution in [1.82, 2.24) is 24.5 Å². The second-order valence-electron chi connectivity index (χ2n) is 6.96. The molecule has 1 unspecified atom stereocenters. The first kappa shape index (κ1) is 17.8. The van der Waals surface area contributed by atoms with E-state index in [2.05, 4.69) is 31.1 Å². The number of hydrogen-bond donors (Lipinski definition) is 1. The Labute approximate surface area is 174 Å². The SMILES string of the molecule is O=C1c2ccccc2C(Cc2ncccc2Br)N1Cc1ccn2c(=O)[nH]nc2c1. The van der Waals surface area contributed by atoms with Crippen LogP contribution >= 0.6 is 15.9 Å². The lowest BCUT2D eigenvalue weighted by Gasteiger charge is -2.25. The fourth-order valence-electron chi connectivity index (χ4n) is 3.84. The van der Waals surface area contributed by atoms with E-state index in [4.69, 9.17) is 0 Å². The van der Waals surface area contributed by atoms with E-state index in [0.29, 0.717) is 18.6 Å². The van der Waals surface area contributed by atoms with Gasteiger partial charge in [-0.1, -0.05) is 18.2 Å². The number of carbonyl (C=O) groups is 1. The molecule has 7 nitrogen and oxygen atoms in total. The molecule has 8 heteroatoms. The smallest absolute Gasteiger partial charge is 0.327 e. The summed E-state index contributed by atoms with van der Waals surface area (Å²) in [5.41, 5.74) is 3.78. The molecule has 144 valence electrons. The Kier molecular flexibility index (Phi) is 4.28. The number of rotatable bonds is 4.